The number of hydrogen-bond donors (Lipinski definition) is 1. The van der Waals surface area contributed by atoms with Gasteiger partial charge in [-0.1, -0.05) is 31.9 Å². The first kappa shape index (κ1) is 16.2. The topological polar surface area (TPSA) is 69.2 Å². The molecule has 96 valence electrons. The van der Waals surface area contributed by atoms with Crippen LogP contribution < -0.4 is 5.73 Å². The van der Waals surface area contributed by atoms with E-state index in [4.69, 9.17) is 17.3 Å². The van der Waals surface area contributed by atoms with Crippen molar-refractivity contribution in [2.24, 2.45) is 11.7 Å². The predicted octanol–water partition coefficient (Wildman–Crippen LogP) is 3.72. The zero-order valence-corrected chi connectivity index (χ0v) is 11.3. The van der Waals surface area contributed by atoms with Crippen LogP contribution in [0.3, 0.4) is 0 Å². The summed E-state index contributed by atoms with van der Waals surface area (Å²) in [5.41, 5.74) is 6.68. The molecule has 0 saturated carbocycles. The summed E-state index contributed by atoms with van der Waals surface area (Å²) in [6.07, 6.45) is 0.903. The van der Waals surface area contributed by atoms with Gasteiger partial charge in [0, 0.05) is 23.2 Å². The van der Waals surface area contributed by atoms with Crippen LogP contribution in [0.25, 0.3) is 0 Å². The van der Waals surface area contributed by atoms with Crippen molar-refractivity contribution in [2.45, 2.75) is 26.3 Å². The monoisotopic (exact) mass is 278 g/mol. The van der Waals surface area contributed by atoms with Gasteiger partial charge in [-0.05, 0) is 17.5 Å². The van der Waals surface area contributed by atoms with Crippen molar-refractivity contribution < 1.29 is 4.92 Å². The van der Waals surface area contributed by atoms with Crippen molar-refractivity contribution in [3.63, 3.8) is 0 Å². The maximum atomic E-state index is 10.6. The van der Waals surface area contributed by atoms with Crippen LogP contribution >= 0.6 is 24.0 Å². The summed E-state index contributed by atoms with van der Waals surface area (Å²) < 4.78 is 0. The van der Waals surface area contributed by atoms with Crippen molar-refractivity contribution >= 4 is 29.7 Å². The molecule has 0 radical (unpaired) electrons. The van der Waals surface area contributed by atoms with Gasteiger partial charge in [0.1, 0.15) is 0 Å². The van der Waals surface area contributed by atoms with E-state index in [1.807, 2.05) is 13.8 Å². The van der Waals surface area contributed by atoms with Gasteiger partial charge in [0.25, 0.3) is 5.69 Å². The highest BCUT2D eigenvalue weighted by atomic mass is 35.5. The van der Waals surface area contributed by atoms with Gasteiger partial charge in [-0.25, -0.2) is 0 Å². The fraction of sp³-hybridized carbons (Fsp3) is 0.455. The minimum absolute atomic E-state index is 0. The predicted molar refractivity (Wildman–Crippen MR) is 71.7 cm³/mol. The molecule has 1 rings (SSSR count). The zero-order valence-electron chi connectivity index (χ0n) is 9.72. The van der Waals surface area contributed by atoms with E-state index in [-0.39, 0.29) is 30.1 Å². The molecule has 4 nitrogen and oxygen atoms in total. The molecule has 0 aliphatic rings. The van der Waals surface area contributed by atoms with Crippen LogP contribution in [0.4, 0.5) is 5.69 Å². The lowest BCUT2D eigenvalue weighted by molar-refractivity contribution is -0.384. The molecule has 0 heterocycles. The molecule has 0 spiro atoms. The Bertz CT molecular complexity index is 399. The van der Waals surface area contributed by atoms with Crippen LogP contribution in [0.2, 0.25) is 5.02 Å². The maximum absolute atomic E-state index is 10.6. The molecule has 1 aromatic rings. The average molecular weight is 279 g/mol. The average Bonchev–Trinajstić information content (AvgIpc) is 2.27. The number of halogens is 2. The van der Waals surface area contributed by atoms with E-state index in [1.165, 1.54) is 18.2 Å². The summed E-state index contributed by atoms with van der Waals surface area (Å²) in [6.45, 7) is 4.02. The van der Waals surface area contributed by atoms with E-state index in [0.29, 0.717) is 10.6 Å². The van der Waals surface area contributed by atoms with E-state index in [9.17, 15) is 10.1 Å². The number of nitro groups is 1. The number of nitrogens with two attached hydrogens (primary N) is 1. The molecular weight excluding hydrogens is 263 g/mol. The van der Waals surface area contributed by atoms with Gasteiger partial charge in [-0.2, -0.15) is 0 Å². The molecule has 1 unspecified atom stereocenters. The van der Waals surface area contributed by atoms with Gasteiger partial charge in [0.05, 0.1) is 4.92 Å². The van der Waals surface area contributed by atoms with Gasteiger partial charge in [0.15, 0.2) is 0 Å². The Hall–Kier alpha value is -0.840. The standard InChI is InChI=1S/C11H15ClN2O2.ClH/c1-3-7(2)11(13)9-6-8(14(15)16)4-5-10(9)12;/h4-7,11H,3,13H2,1-2H3;1H/t7?,11-;/m0./s1. The quantitative estimate of drug-likeness (QED) is 0.674. The Balaban J connectivity index is 0.00000256. The molecule has 6 heteroatoms. The van der Waals surface area contributed by atoms with Crippen molar-refractivity contribution in [3.05, 3.63) is 38.9 Å². The Morgan fingerprint density at radius 3 is 2.59 bits per heavy atom. The molecule has 0 amide bonds. The van der Waals surface area contributed by atoms with Crippen LogP contribution in [-0.4, -0.2) is 4.92 Å². The molecule has 17 heavy (non-hydrogen) atoms. The lowest BCUT2D eigenvalue weighted by Gasteiger charge is -2.19. The third kappa shape index (κ3) is 3.84. The third-order valence-corrected chi connectivity index (χ3v) is 3.15. The summed E-state index contributed by atoms with van der Waals surface area (Å²) in [6, 6.07) is 4.10. The second-order valence-electron chi connectivity index (χ2n) is 3.87. The zero-order chi connectivity index (χ0) is 12.3. The van der Waals surface area contributed by atoms with Crippen molar-refractivity contribution in [1.82, 2.24) is 0 Å². The minimum Gasteiger partial charge on any atom is -0.324 e. The number of benzene rings is 1. The van der Waals surface area contributed by atoms with E-state index in [0.717, 1.165) is 6.42 Å². The van der Waals surface area contributed by atoms with Crippen LogP contribution in [0.5, 0.6) is 0 Å². The highest BCUT2D eigenvalue weighted by Crippen LogP contribution is 2.30. The molecular formula is C11H16Cl2N2O2. The second-order valence-corrected chi connectivity index (χ2v) is 4.28. The Labute approximate surface area is 112 Å². The van der Waals surface area contributed by atoms with E-state index in [2.05, 4.69) is 0 Å². The Kier molecular flexibility index (Phi) is 6.45. The fourth-order valence-corrected chi connectivity index (χ4v) is 1.70. The lowest BCUT2D eigenvalue weighted by atomic mass is 9.93. The van der Waals surface area contributed by atoms with E-state index >= 15 is 0 Å². The minimum atomic E-state index is -0.441. The molecule has 0 bridgehead atoms. The number of hydrogen-bond acceptors (Lipinski definition) is 3. The first-order valence-corrected chi connectivity index (χ1v) is 5.54. The number of nitro benzene ring substituents is 1. The molecule has 1 aromatic carbocycles. The summed E-state index contributed by atoms with van der Waals surface area (Å²) >= 11 is 5.99. The van der Waals surface area contributed by atoms with E-state index < -0.39 is 4.92 Å². The largest absolute Gasteiger partial charge is 0.324 e. The molecule has 0 fully saturated rings. The second kappa shape index (κ2) is 6.79. The SMILES string of the molecule is CCC(C)[C@H](N)c1cc([N+](=O)[O-])ccc1Cl.Cl. The fourth-order valence-electron chi connectivity index (χ4n) is 1.46. The van der Waals surface area contributed by atoms with Gasteiger partial charge >= 0.3 is 0 Å². The van der Waals surface area contributed by atoms with E-state index in [1.54, 1.807) is 0 Å². The first-order chi connectivity index (χ1) is 7.47. The summed E-state index contributed by atoms with van der Waals surface area (Å²) in [5, 5.41) is 11.1. The summed E-state index contributed by atoms with van der Waals surface area (Å²) in [5.74, 6) is 0.236. The van der Waals surface area contributed by atoms with Crippen LogP contribution in [0, 0.1) is 16.0 Å². The van der Waals surface area contributed by atoms with Crippen LogP contribution in [0.1, 0.15) is 31.9 Å². The van der Waals surface area contributed by atoms with Gasteiger partial charge in [-0.15, -0.1) is 12.4 Å². The number of nitrogens with zero attached hydrogens (tertiary/aromatic N) is 1. The lowest BCUT2D eigenvalue weighted by Crippen LogP contribution is -2.19. The highest BCUT2D eigenvalue weighted by molar-refractivity contribution is 6.31. The van der Waals surface area contributed by atoms with Gasteiger partial charge < -0.3 is 5.73 Å². The van der Waals surface area contributed by atoms with Crippen molar-refractivity contribution in [3.8, 4) is 0 Å². The molecule has 2 atom stereocenters. The smallest absolute Gasteiger partial charge is 0.269 e. The summed E-state index contributed by atoms with van der Waals surface area (Å²) in [4.78, 5) is 10.2. The molecule has 0 aliphatic carbocycles. The Morgan fingerprint density at radius 1 is 1.53 bits per heavy atom. The number of non-ortho nitro benzene ring substituents is 1. The highest BCUT2D eigenvalue weighted by Gasteiger charge is 2.19. The molecule has 2 N–H and O–H groups in total. The van der Waals surface area contributed by atoms with Crippen LogP contribution in [-0.2, 0) is 0 Å². The van der Waals surface area contributed by atoms with Gasteiger partial charge in [0.2, 0.25) is 0 Å². The Morgan fingerprint density at radius 2 is 2.12 bits per heavy atom. The summed E-state index contributed by atoms with van der Waals surface area (Å²) in [7, 11) is 0. The first-order valence-electron chi connectivity index (χ1n) is 5.16. The van der Waals surface area contributed by atoms with Crippen molar-refractivity contribution in [1.29, 1.82) is 0 Å². The molecule has 0 aromatic heterocycles. The molecule has 0 aliphatic heterocycles. The maximum Gasteiger partial charge on any atom is 0.269 e. The van der Waals surface area contributed by atoms with Gasteiger partial charge in [-0.3, -0.25) is 10.1 Å². The molecule has 0 saturated heterocycles. The number of rotatable bonds is 4. The normalized spacial score (nSPS) is 13.6. The third-order valence-electron chi connectivity index (χ3n) is 2.81. The van der Waals surface area contributed by atoms with Crippen molar-refractivity contribution in [2.75, 3.05) is 0 Å². The van der Waals surface area contributed by atoms with Crippen LogP contribution in [0.15, 0.2) is 18.2 Å².